The minimum atomic E-state index is -0.550. The van der Waals surface area contributed by atoms with Gasteiger partial charge in [-0.2, -0.15) is 0 Å². The molecule has 1 unspecified atom stereocenters. The third-order valence-corrected chi connectivity index (χ3v) is 4.77. The number of esters is 1. The predicted molar refractivity (Wildman–Crippen MR) is 116 cm³/mol. The number of anilines is 1. The molecule has 1 atom stereocenters. The van der Waals surface area contributed by atoms with Crippen molar-refractivity contribution >= 4 is 39.4 Å². The van der Waals surface area contributed by atoms with Crippen LogP contribution in [0.25, 0.3) is 0 Å². The second-order valence-electron chi connectivity index (χ2n) is 7.64. The number of rotatable bonds is 6. The molecule has 2 amide bonds. The maximum absolute atomic E-state index is 12.8. The molecule has 0 saturated heterocycles. The van der Waals surface area contributed by atoms with Crippen LogP contribution in [0, 0.1) is 5.41 Å². The largest absolute Gasteiger partial charge is 0.469 e. The summed E-state index contributed by atoms with van der Waals surface area (Å²) >= 11 is 3.37. The molecule has 2 aromatic rings. The van der Waals surface area contributed by atoms with Crippen molar-refractivity contribution in [3.8, 4) is 0 Å². The Bertz CT molecular complexity index is 888. The number of carbonyl (C=O) groups excluding carboxylic acids is 3. The summed E-state index contributed by atoms with van der Waals surface area (Å²) in [6, 6.07) is 13.5. The van der Waals surface area contributed by atoms with E-state index in [9.17, 15) is 14.4 Å². The number of hydrogen-bond acceptors (Lipinski definition) is 4. The first-order valence-corrected chi connectivity index (χ1v) is 9.94. The van der Waals surface area contributed by atoms with Crippen molar-refractivity contribution in [3.63, 3.8) is 0 Å². The minimum absolute atomic E-state index is 0.00429. The van der Waals surface area contributed by atoms with Gasteiger partial charge in [0.15, 0.2) is 0 Å². The third kappa shape index (κ3) is 6.71. The SMILES string of the molecule is COC(=O)CC(NC(=O)c1cccc(NC(=O)C(C)(C)C)c1)c1ccc(Br)cc1. The number of carbonyl (C=O) groups is 3. The van der Waals surface area contributed by atoms with E-state index < -0.39 is 17.4 Å². The van der Waals surface area contributed by atoms with Crippen molar-refractivity contribution in [1.29, 1.82) is 0 Å². The van der Waals surface area contributed by atoms with Gasteiger partial charge in [-0.3, -0.25) is 14.4 Å². The number of methoxy groups -OCH3 is 1. The Hall–Kier alpha value is -2.67. The highest BCUT2D eigenvalue weighted by atomic mass is 79.9. The number of benzene rings is 2. The summed E-state index contributed by atoms with van der Waals surface area (Å²) in [5.41, 5.74) is 1.14. The molecule has 0 aliphatic rings. The molecule has 7 heteroatoms. The zero-order valence-electron chi connectivity index (χ0n) is 16.9. The molecule has 0 spiro atoms. The highest BCUT2D eigenvalue weighted by Crippen LogP contribution is 2.22. The summed E-state index contributed by atoms with van der Waals surface area (Å²) in [4.78, 5) is 36.8. The second kappa shape index (κ2) is 9.69. The molecule has 2 aromatic carbocycles. The highest BCUT2D eigenvalue weighted by Gasteiger charge is 2.22. The Morgan fingerprint density at radius 2 is 1.72 bits per heavy atom. The number of amides is 2. The van der Waals surface area contributed by atoms with E-state index in [1.165, 1.54) is 7.11 Å². The van der Waals surface area contributed by atoms with Gasteiger partial charge in [0.2, 0.25) is 5.91 Å². The predicted octanol–water partition coefficient (Wildman–Crippen LogP) is 4.47. The van der Waals surface area contributed by atoms with Crippen LogP contribution in [0.1, 0.15) is 49.2 Å². The molecule has 0 aliphatic carbocycles. The smallest absolute Gasteiger partial charge is 0.307 e. The van der Waals surface area contributed by atoms with E-state index in [4.69, 9.17) is 4.74 Å². The maximum atomic E-state index is 12.8. The van der Waals surface area contributed by atoms with E-state index in [2.05, 4.69) is 26.6 Å². The number of ether oxygens (including phenoxy) is 1. The van der Waals surface area contributed by atoms with Gasteiger partial charge in [0, 0.05) is 21.1 Å². The molecule has 0 heterocycles. The lowest BCUT2D eigenvalue weighted by molar-refractivity contribution is -0.141. The van der Waals surface area contributed by atoms with Crippen LogP contribution in [0.5, 0.6) is 0 Å². The van der Waals surface area contributed by atoms with Crippen molar-refractivity contribution < 1.29 is 19.1 Å². The number of nitrogens with one attached hydrogen (secondary N) is 2. The lowest BCUT2D eigenvalue weighted by atomic mass is 9.95. The molecule has 0 radical (unpaired) electrons. The molecule has 6 nitrogen and oxygen atoms in total. The van der Waals surface area contributed by atoms with Crippen LogP contribution in [0.3, 0.4) is 0 Å². The fourth-order valence-electron chi connectivity index (χ4n) is 2.50. The van der Waals surface area contributed by atoms with Crippen LogP contribution in [0.4, 0.5) is 5.69 Å². The van der Waals surface area contributed by atoms with E-state index in [1.54, 1.807) is 24.3 Å². The normalized spacial score (nSPS) is 12.0. The lowest BCUT2D eigenvalue weighted by Crippen LogP contribution is -2.31. The quantitative estimate of drug-likeness (QED) is 0.622. The van der Waals surface area contributed by atoms with E-state index >= 15 is 0 Å². The van der Waals surface area contributed by atoms with E-state index in [1.807, 2.05) is 45.0 Å². The Labute approximate surface area is 179 Å². The molecular formula is C22H25BrN2O4. The van der Waals surface area contributed by atoms with Crippen LogP contribution in [-0.4, -0.2) is 24.9 Å². The molecular weight excluding hydrogens is 436 g/mol. The third-order valence-electron chi connectivity index (χ3n) is 4.24. The summed E-state index contributed by atoms with van der Waals surface area (Å²) in [7, 11) is 1.31. The summed E-state index contributed by atoms with van der Waals surface area (Å²) in [5, 5.41) is 5.69. The van der Waals surface area contributed by atoms with E-state index in [0.29, 0.717) is 11.3 Å². The molecule has 154 valence electrons. The van der Waals surface area contributed by atoms with Crippen LogP contribution in [-0.2, 0) is 14.3 Å². The molecule has 0 saturated carbocycles. The van der Waals surface area contributed by atoms with Crippen molar-refractivity contribution in [1.82, 2.24) is 5.32 Å². The first-order valence-electron chi connectivity index (χ1n) is 9.15. The zero-order valence-corrected chi connectivity index (χ0v) is 18.5. The fraction of sp³-hybridized carbons (Fsp3) is 0.318. The molecule has 0 aromatic heterocycles. The Morgan fingerprint density at radius 3 is 2.31 bits per heavy atom. The Kier molecular flexibility index (Phi) is 7.56. The van der Waals surface area contributed by atoms with Crippen LogP contribution >= 0.6 is 15.9 Å². The van der Waals surface area contributed by atoms with E-state index in [-0.39, 0.29) is 18.2 Å². The van der Waals surface area contributed by atoms with Crippen molar-refractivity contribution in [2.45, 2.75) is 33.2 Å². The molecule has 0 fully saturated rings. The van der Waals surface area contributed by atoms with Crippen molar-refractivity contribution in [2.75, 3.05) is 12.4 Å². The van der Waals surface area contributed by atoms with Crippen LogP contribution in [0.2, 0.25) is 0 Å². The van der Waals surface area contributed by atoms with Crippen LogP contribution in [0.15, 0.2) is 53.0 Å². The number of hydrogen-bond donors (Lipinski definition) is 2. The van der Waals surface area contributed by atoms with Gasteiger partial charge < -0.3 is 15.4 Å². The summed E-state index contributed by atoms with van der Waals surface area (Å²) in [5.74, 6) is -0.924. The zero-order chi connectivity index (χ0) is 21.6. The van der Waals surface area contributed by atoms with Gasteiger partial charge in [0.25, 0.3) is 5.91 Å². The van der Waals surface area contributed by atoms with Gasteiger partial charge in [-0.15, -0.1) is 0 Å². The average molecular weight is 461 g/mol. The first kappa shape index (κ1) is 22.6. The molecule has 2 N–H and O–H groups in total. The number of halogens is 1. The standard InChI is InChI=1S/C22H25BrN2O4/c1-22(2,3)21(28)24-17-7-5-6-15(12-17)20(27)25-18(13-19(26)29-4)14-8-10-16(23)11-9-14/h5-12,18H,13H2,1-4H3,(H,24,28)(H,25,27). The minimum Gasteiger partial charge on any atom is -0.469 e. The second-order valence-corrected chi connectivity index (χ2v) is 8.56. The molecule has 0 aliphatic heterocycles. The molecule has 2 rings (SSSR count). The maximum Gasteiger partial charge on any atom is 0.307 e. The van der Waals surface area contributed by atoms with Crippen molar-refractivity contribution in [3.05, 3.63) is 64.1 Å². The van der Waals surface area contributed by atoms with Gasteiger partial charge in [-0.05, 0) is 35.9 Å². The molecule has 29 heavy (non-hydrogen) atoms. The fourth-order valence-corrected chi connectivity index (χ4v) is 2.76. The summed E-state index contributed by atoms with van der Waals surface area (Å²) in [6.45, 7) is 5.44. The average Bonchev–Trinajstić information content (AvgIpc) is 2.67. The van der Waals surface area contributed by atoms with Gasteiger partial charge in [0.1, 0.15) is 0 Å². The van der Waals surface area contributed by atoms with E-state index in [0.717, 1.165) is 10.0 Å². The summed E-state index contributed by atoms with van der Waals surface area (Å²) in [6.07, 6.45) is 0.00429. The first-order chi connectivity index (χ1) is 13.6. The lowest BCUT2D eigenvalue weighted by Gasteiger charge is -2.20. The Balaban J connectivity index is 2.20. The Morgan fingerprint density at radius 1 is 1.07 bits per heavy atom. The summed E-state index contributed by atoms with van der Waals surface area (Å²) < 4.78 is 5.66. The van der Waals surface area contributed by atoms with Crippen LogP contribution < -0.4 is 10.6 Å². The molecule has 0 bridgehead atoms. The van der Waals surface area contributed by atoms with Gasteiger partial charge in [-0.1, -0.05) is 54.9 Å². The highest BCUT2D eigenvalue weighted by molar-refractivity contribution is 9.10. The van der Waals surface area contributed by atoms with Crippen molar-refractivity contribution in [2.24, 2.45) is 5.41 Å². The van der Waals surface area contributed by atoms with Gasteiger partial charge in [-0.25, -0.2) is 0 Å². The van der Waals surface area contributed by atoms with Gasteiger partial charge >= 0.3 is 5.97 Å². The monoisotopic (exact) mass is 460 g/mol. The topological polar surface area (TPSA) is 84.5 Å². The van der Waals surface area contributed by atoms with Gasteiger partial charge in [0.05, 0.1) is 19.6 Å².